The summed E-state index contributed by atoms with van der Waals surface area (Å²) in [5.41, 5.74) is 0.547. The van der Waals surface area contributed by atoms with Crippen LogP contribution in [0.3, 0.4) is 0 Å². The average Bonchev–Trinajstić information content (AvgIpc) is 2.84. The van der Waals surface area contributed by atoms with Crippen LogP contribution in [0.2, 0.25) is 18.1 Å². The molecule has 0 amide bonds. The van der Waals surface area contributed by atoms with E-state index in [-0.39, 0.29) is 16.5 Å². The van der Waals surface area contributed by atoms with Crippen LogP contribution in [-0.2, 0) is 18.7 Å². The summed E-state index contributed by atoms with van der Waals surface area (Å²) in [7, 11) is -2.52. The van der Waals surface area contributed by atoms with Crippen LogP contribution in [0.4, 0.5) is 0 Å². The van der Waals surface area contributed by atoms with Crippen molar-refractivity contribution < 1.29 is 33.4 Å². The Morgan fingerprint density at radius 3 is 1.78 bits per heavy atom. The Kier molecular flexibility index (Phi) is 10.2. The van der Waals surface area contributed by atoms with E-state index in [0.717, 1.165) is 0 Å². The highest BCUT2D eigenvalue weighted by molar-refractivity contribution is 6.74. The van der Waals surface area contributed by atoms with E-state index in [1.165, 1.54) is 0 Å². The molecule has 7 nitrogen and oxygen atoms in total. The number of aliphatic hydroxyl groups excluding tert-OH is 1. The Hall–Kier alpha value is -2.81. The van der Waals surface area contributed by atoms with Crippen LogP contribution in [0.5, 0.6) is 0 Å². The van der Waals surface area contributed by atoms with Crippen molar-refractivity contribution in [1.29, 1.82) is 0 Å². The Balaban J connectivity index is 2.36. The van der Waals surface area contributed by atoms with Crippen molar-refractivity contribution in [2.24, 2.45) is 5.92 Å². The van der Waals surface area contributed by atoms with Crippen molar-refractivity contribution in [1.82, 2.24) is 0 Å². The van der Waals surface area contributed by atoms with Crippen LogP contribution >= 0.6 is 0 Å². The van der Waals surface area contributed by atoms with Crippen LogP contribution in [0.15, 0.2) is 60.7 Å². The highest BCUT2D eigenvalue weighted by Crippen LogP contribution is 2.38. The van der Waals surface area contributed by atoms with Gasteiger partial charge >= 0.3 is 11.9 Å². The normalized spacial score (nSPS) is 14.6. The molecule has 0 unspecified atom stereocenters. The molecule has 2 aromatic carbocycles. The third-order valence-electron chi connectivity index (χ3n) is 6.45. The lowest BCUT2D eigenvalue weighted by Gasteiger charge is -2.41. The first-order valence-corrected chi connectivity index (χ1v) is 15.0. The van der Waals surface area contributed by atoms with E-state index in [0.29, 0.717) is 5.56 Å². The predicted octanol–water partition coefficient (Wildman–Crippen LogP) is 5.05. The molecule has 0 heterocycles. The van der Waals surface area contributed by atoms with Crippen LogP contribution < -0.4 is 0 Å². The summed E-state index contributed by atoms with van der Waals surface area (Å²) in [5.74, 6) is -2.35. The first-order chi connectivity index (χ1) is 16.7. The van der Waals surface area contributed by atoms with Crippen LogP contribution in [0, 0.1) is 5.92 Å². The number of rotatable bonds is 11. The van der Waals surface area contributed by atoms with Gasteiger partial charge in [-0.3, -0.25) is 4.79 Å². The van der Waals surface area contributed by atoms with Gasteiger partial charge in [-0.1, -0.05) is 71.0 Å². The zero-order valence-electron chi connectivity index (χ0n) is 22.2. The summed E-state index contributed by atoms with van der Waals surface area (Å²) in [6.07, 6.45) is -3.86. The smallest absolute Gasteiger partial charge is 0.338 e. The fourth-order valence-electron chi connectivity index (χ4n) is 3.08. The second-order valence-corrected chi connectivity index (χ2v) is 15.4. The molecule has 0 aliphatic heterocycles. The van der Waals surface area contributed by atoms with Gasteiger partial charge in [0.05, 0.1) is 17.2 Å². The van der Waals surface area contributed by atoms with Crippen molar-refractivity contribution in [3.63, 3.8) is 0 Å². The number of Topliss-reactive ketones (excluding diaryl/α,β-unsaturated/α-hetero) is 1. The van der Waals surface area contributed by atoms with Crippen LogP contribution in [0.25, 0.3) is 0 Å². The first kappa shape index (κ1) is 29.4. The quantitative estimate of drug-likeness (QED) is 0.331. The highest BCUT2D eigenvalue weighted by atomic mass is 28.4. The summed E-state index contributed by atoms with van der Waals surface area (Å²) in [5, 5.41) is 10.7. The van der Waals surface area contributed by atoms with Crippen molar-refractivity contribution in [3.05, 3.63) is 71.8 Å². The molecular formula is C28H38O7Si. The molecule has 0 aromatic heterocycles. The van der Waals surface area contributed by atoms with Gasteiger partial charge in [0.15, 0.2) is 14.4 Å². The van der Waals surface area contributed by atoms with E-state index in [2.05, 4.69) is 0 Å². The van der Waals surface area contributed by atoms with Crippen molar-refractivity contribution in [2.75, 3.05) is 6.61 Å². The number of carbonyl (C=O) groups is 3. The number of benzene rings is 2. The maximum Gasteiger partial charge on any atom is 0.338 e. The number of aliphatic hydroxyl groups is 1. The lowest BCUT2D eigenvalue weighted by atomic mass is 9.96. The molecular weight excluding hydrogens is 476 g/mol. The Bertz CT molecular complexity index is 1010. The SMILES string of the molecule is CC(C)[C@@H](O)[C@@H](O[Si](C)(C)C(C)(C)C)C(=O)[C@H](COC(=O)c1ccccc1)OC(=O)c1ccccc1. The lowest BCUT2D eigenvalue weighted by molar-refractivity contribution is -0.144. The third kappa shape index (κ3) is 7.85. The largest absolute Gasteiger partial charge is 0.458 e. The maximum absolute atomic E-state index is 13.8. The third-order valence-corrected chi connectivity index (χ3v) is 10.9. The Morgan fingerprint density at radius 1 is 0.861 bits per heavy atom. The molecule has 2 rings (SSSR count). The van der Waals surface area contributed by atoms with Gasteiger partial charge in [0.1, 0.15) is 12.7 Å². The topological polar surface area (TPSA) is 99.1 Å². The monoisotopic (exact) mass is 514 g/mol. The number of carbonyl (C=O) groups excluding carboxylic acids is 3. The molecule has 0 saturated heterocycles. The summed E-state index contributed by atoms with van der Waals surface area (Å²) in [4.78, 5) is 39.2. The van der Waals surface area contributed by atoms with Gasteiger partial charge in [0.2, 0.25) is 5.78 Å². The summed E-state index contributed by atoms with van der Waals surface area (Å²) >= 11 is 0. The van der Waals surface area contributed by atoms with Gasteiger partial charge in [-0.15, -0.1) is 0 Å². The Morgan fingerprint density at radius 2 is 1.33 bits per heavy atom. The van der Waals surface area contributed by atoms with Gasteiger partial charge < -0.3 is 19.0 Å². The fraction of sp³-hybridized carbons (Fsp3) is 0.464. The number of esters is 2. The molecule has 0 radical (unpaired) electrons. The van der Waals surface area contributed by atoms with Crippen LogP contribution in [-0.4, -0.2) is 56.1 Å². The molecule has 3 atom stereocenters. The maximum atomic E-state index is 13.8. The van der Waals surface area contributed by atoms with E-state index >= 15 is 0 Å². The van der Waals surface area contributed by atoms with Gasteiger partial charge in [0.25, 0.3) is 0 Å². The van der Waals surface area contributed by atoms with E-state index in [1.807, 2.05) is 33.9 Å². The van der Waals surface area contributed by atoms with Crippen molar-refractivity contribution in [2.45, 2.75) is 71.1 Å². The van der Waals surface area contributed by atoms with Gasteiger partial charge in [-0.25, -0.2) is 9.59 Å². The minimum atomic E-state index is -2.52. The molecule has 0 spiro atoms. The molecule has 2 aromatic rings. The molecule has 36 heavy (non-hydrogen) atoms. The number of hydrogen-bond donors (Lipinski definition) is 1. The van der Waals surface area contributed by atoms with E-state index in [9.17, 15) is 19.5 Å². The molecule has 1 N–H and O–H groups in total. The summed E-state index contributed by atoms with van der Waals surface area (Å²) in [6.45, 7) is 13.1. The molecule has 196 valence electrons. The van der Waals surface area contributed by atoms with Crippen molar-refractivity contribution >= 4 is 26.0 Å². The van der Waals surface area contributed by atoms with Gasteiger partial charge in [0, 0.05) is 0 Å². The molecule has 0 aliphatic rings. The second-order valence-electron chi connectivity index (χ2n) is 10.7. The number of ether oxygens (including phenoxy) is 2. The zero-order chi connectivity index (χ0) is 27.1. The number of hydrogen-bond acceptors (Lipinski definition) is 7. The summed E-state index contributed by atoms with van der Waals surface area (Å²) < 4.78 is 17.3. The Labute approximate surface area is 214 Å². The second kappa shape index (κ2) is 12.4. The number of ketones is 1. The standard InChI is InChI=1S/C28H38O7Si/c1-19(2)23(29)25(35-36(6,7)28(3,4)5)24(30)22(34-27(32)21-16-12-9-13-17-21)18-33-26(31)20-14-10-8-11-15-20/h8-17,19,22-23,25,29H,18H2,1-7H3/t22-,23+,25+/m0/s1. The molecule has 8 heteroatoms. The molecule has 0 bridgehead atoms. The molecule has 0 fully saturated rings. The molecule has 0 saturated carbocycles. The van der Waals surface area contributed by atoms with Crippen LogP contribution in [0.1, 0.15) is 55.3 Å². The van der Waals surface area contributed by atoms with E-state index in [1.54, 1.807) is 74.5 Å². The minimum Gasteiger partial charge on any atom is -0.458 e. The minimum absolute atomic E-state index is 0.238. The van der Waals surface area contributed by atoms with E-state index in [4.69, 9.17) is 13.9 Å². The fourth-order valence-corrected chi connectivity index (χ4v) is 4.32. The molecule has 0 aliphatic carbocycles. The lowest BCUT2D eigenvalue weighted by Crippen LogP contribution is -2.54. The van der Waals surface area contributed by atoms with Gasteiger partial charge in [-0.2, -0.15) is 0 Å². The van der Waals surface area contributed by atoms with Gasteiger partial charge in [-0.05, 0) is 48.3 Å². The first-order valence-electron chi connectivity index (χ1n) is 12.1. The predicted molar refractivity (Wildman–Crippen MR) is 140 cm³/mol. The van der Waals surface area contributed by atoms with Crippen molar-refractivity contribution in [3.8, 4) is 0 Å². The summed E-state index contributed by atoms with van der Waals surface area (Å²) in [6, 6.07) is 16.5. The highest BCUT2D eigenvalue weighted by Gasteiger charge is 2.45. The zero-order valence-corrected chi connectivity index (χ0v) is 23.2. The average molecular weight is 515 g/mol. The van der Waals surface area contributed by atoms with E-state index < -0.39 is 51.0 Å².